The number of aromatic nitrogens is 6. The molecule has 0 fully saturated rings. The second-order valence-electron chi connectivity index (χ2n) is 8.10. The quantitative estimate of drug-likeness (QED) is 0.342. The minimum atomic E-state index is 0.541. The molecule has 5 aromatic heterocycles. The normalized spacial score (nSPS) is 11.5. The van der Waals surface area contributed by atoms with Gasteiger partial charge in [0.05, 0.1) is 35.0 Å². The highest BCUT2D eigenvalue weighted by Gasteiger charge is 2.13. The van der Waals surface area contributed by atoms with Crippen molar-refractivity contribution in [1.29, 1.82) is 0 Å². The van der Waals surface area contributed by atoms with Crippen molar-refractivity contribution in [3.05, 3.63) is 67.4 Å². The molecular formula is C24H23N7. The molecule has 0 unspecified atom stereocenters. The zero-order chi connectivity index (χ0) is 21.4. The predicted molar refractivity (Wildman–Crippen MR) is 124 cm³/mol. The molecule has 5 heterocycles. The molecule has 0 aliphatic heterocycles. The van der Waals surface area contributed by atoms with Crippen LogP contribution in [0.1, 0.15) is 20.3 Å². The molecule has 0 aliphatic rings. The topological polar surface area (TPSA) is 95.2 Å². The van der Waals surface area contributed by atoms with Gasteiger partial charge in [0.1, 0.15) is 11.3 Å². The fourth-order valence-electron chi connectivity index (χ4n) is 3.76. The highest BCUT2D eigenvalue weighted by Crippen LogP contribution is 2.30. The summed E-state index contributed by atoms with van der Waals surface area (Å²) in [6.45, 7) is 8.46. The van der Waals surface area contributed by atoms with Gasteiger partial charge in [-0.05, 0) is 42.7 Å². The monoisotopic (exact) mass is 409 g/mol. The first-order chi connectivity index (χ1) is 15.1. The van der Waals surface area contributed by atoms with Gasteiger partial charge in [-0.3, -0.25) is 15.1 Å². The van der Waals surface area contributed by atoms with Crippen LogP contribution in [0.5, 0.6) is 0 Å². The number of rotatable bonds is 6. The van der Waals surface area contributed by atoms with Crippen LogP contribution in [0.15, 0.2) is 67.4 Å². The van der Waals surface area contributed by atoms with Crippen molar-refractivity contribution in [3.63, 3.8) is 0 Å². The first kappa shape index (κ1) is 19.0. The van der Waals surface area contributed by atoms with Crippen LogP contribution < -0.4 is 5.32 Å². The Morgan fingerprint density at radius 1 is 1.13 bits per heavy atom. The molecule has 7 nitrogen and oxygen atoms in total. The summed E-state index contributed by atoms with van der Waals surface area (Å²) in [5, 5.41) is 13.0. The number of hydrogen-bond acceptors (Lipinski definition) is 5. The number of fused-ring (bicyclic) bond motifs is 2. The number of hydrogen-bond donors (Lipinski definition) is 3. The molecule has 154 valence electrons. The summed E-state index contributed by atoms with van der Waals surface area (Å²) in [4.78, 5) is 16.7. The number of aromatic amines is 2. The molecule has 0 radical (unpaired) electrons. The molecule has 0 spiro atoms. The van der Waals surface area contributed by atoms with Crippen molar-refractivity contribution in [3.8, 4) is 22.6 Å². The van der Waals surface area contributed by atoms with Crippen LogP contribution in [0, 0.1) is 5.92 Å². The second-order valence-corrected chi connectivity index (χ2v) is 8.10. The number of nitrogens with zero attached hydrogens (tertiary/aromatic N) is 4. The van der Waals surface area contributed by atoms with Gasteiger partial charge in [-0.1, -0.05) is 20.4 Å². The molecule has 3 N–H and O–H groups in total. The highest BCUT2D eigenvalue weighted by atomic mass is 15.1. The van der Waals surface area contributed by atoms with Gasteiger partial charge in [-0.25, -0.2) is 4.98 Å². The molecule has 7 heteroatoms. The van der Waals surface area contributed by atoms with E-state index in [1.807, 2.05) is 30.5 Å². The van der Waals surface area contributed by atoms with Gasteiger partial charge in [-0.15, -0.1) is 0 Å². The molecule has 0 saturated carbocycles. The second kappa shape index (κ2) is 7.68. The van der Waals surface area contributed by atoms with Crippen molar-refractivity contribution < 1.29 is 0 Å². The third-order valence-electron chi connectivity index (χ3n) is 5.10. The van der Waals surface area contributed by atoms with E-state index >= 15 is 0 Å². The van der Waals surface area contributed by atoms with Gasteiger partial charge in [0.25, 0.3) is 0 Å². The van der Waals surface area contributed by atoms with E-state index in [9.17, 15) is 0 Å². The smallest absolute Gasteiger partial charge is 0.137 e. The maximum Gasteiger partial charge on any atom is 0.137 e. The first-order valence-corrected chi connectivity index (χ1v) is 10.3. The molecule has 5 aromatic rings. The molecular weight excluding hydrogens is 386 g/mol. The number of pyridine rings is 3. The van der Waals surface area contributed by atoms with Crippen LogP contribution in [0.2, 0.25) is 0 Å². The zero-order valence-electron chi connectivity index (χ0n) is 17.5. The van der Waals surface area contributed by atoms with Crippen LogP contribution in [0.3, 0.4) is 0 Å². The van der Waals surface area contributed by atoms with Gasteiger partial charge in [0, 0.05) is 34.4 Å². The summed E-state index contributed by atoms with van der Waals surface area (Å²) >= 11 is 0. The van der Waals surface area contributed by atoms with Crippen LogP contribution in [-0.2, 0) is 0 Å². The molecule has 31 heavy (non-hydrogen) atoms. The largest absolute Gasteiger partial charge is 0.358 e. The summed E-state index contributed by atoms with van der Waals surface area (Å²) in [6, 6.07) is 10.1. The fourth-order valence-corrected chi connectivity index (χ4v) is 3.76. The maximum absolute atomic E-state index is 4.61. The lowest BCUT2D eigenvalue weighted by molar-refractivity contribution is 0.645. The standard InChI is InChI=1S/C24H23N7/c1-14(2)7-15(3)28-18-8-17(11-25-12-18)20-10-19-22(13-27-20)30-31-23(19)21-9-16-5-4-6-26-24(16)29-21/h4-6,8-14,28H,3,7H2,1-2H3,(H,26,29)(H,30,31). The summed E-state index contributed by atoms with van der Waals surface area (Å²) in [7, 11) is 0. The van der Waals surface area contributed by atoms with Gasteiger partial charge >= 0.3 is 0 Å². The Hall–Kier alpha value is -4.00. The van der Waals surface area contributed by atoms with Crippen LogP contribution in [-0.4, -0.2) is 30.1 Å². The van der Waals surface area contributed by atoms with E-state index in [1.54, 1.807) is 18.6 Å². The van der Waals surface area contributed by atoms with E-state index in [0.717, 1.165) is 62.4 Å². The molecule has 0 amide bonds. The van der Waals surface area contributed by atoms with E-state index in [-0.39, 0.29) is 0 Å². The van der Waals surface area contributed by atoms with E-state index < -0.39 is 0 Å². The molecule has 0 saturated heterocycles. The summed E-state index contributed by atoms with van der Waals surface area (Å²) in [6.07, 6.45) is 8.11. The van der Waals surface area contributed by atoms with Crippen LogP contribution >= 0.6 is 0 Å². The van der Waals surface area contributed by atoms with Crippen LogP contribution in [0.4, 0.5) is 5.69 Å². The lowest BCUT2D eigenvalue weighted by Gasteiger charge is -2.12. The SMILES string of the molecule is C=C(CC(C)C)Nc1cncc(-c2cc3c(-c4cc5cccnc5[nH]4)n[nH]c3cn2)c1. The Morgan fingerprint density at radius 2 is 2.03 bits per heavy atom. The van der Waals surface area contributed by atoms with Gasteiger partial charge < -0.3 is 10.3 Å². The van der Waals surface area contributed by atoms with Crippen LogP contribution in [0.25, 0.3) is 44.6 Å². The van der Waals surface area contributed by atoms with Crippen molar-refractivity contribution >= 4 is 27.6 Å². The van der Waals surface area contributed by atoms with Gasteiger partial charge in [0.15, 0.2) is 0 Å². The highest BCUT2D eigenvalue weighted by molar-refractivity contribution is 5.96. The van der Waals surface area contributed by atoms with Crippen molar-refractivity contribution in [1.82, 2.24) is 30.1 Å². The van der Waals surface area contributed by atoms with E-state index in [2.05, 4.69) is 61.9 Å². The zero-order valence-corrected chi connectivity index (χ0v) is 17.5. The van der Waals surface area contributed by atoms with Crippen molar-refractivity contribution in [2.75, 3.05) is 5.32 Å². The molecule has 0 aliphatic carbocycles. The third-order valence-corrected chi connectivity index (χ3v) is 5.10. The predicted octanol–water partition coefficient (Wildman–Crippen LogP) is 5.53. The van der Waals surface area contributed by atoms with E-state index in [1.165, 1.54) is 0 Å². The molecule has 0 bridgehead atoms. The van der Waals surface area contributed by atoms with E-state index in [0.29, 0.717) is 5.92 Å². The van der Waals surface area contributed by atoms with Gasteiger partial charge in [0.2, 0.25) is 0 Å². The maximum atomic E-state index is 4.61. The average Bonchev–Trinajstić information content (AvgIpc) is 3.36. The summed E-state index contributed by atoms with van der Waals surface area (Å²) in [5.74, 6) is 0.541. The Morgan fingerprint density at radius 3 is 2.87 bits per heavy atom. The Kier molecular flexibility index (Phi) is 4.71. The lowest BCUT2D eigenvalue weighted by atomic mass is 10.1. The summed E-state index contributed by atoms with van der Waals surface area (Å²) < 4.78 is 0. The molecule has 5 rings (SSSR count). The first-order valence-electron chi connectivity index (χ1n) is 10.3. The minimum absolute atomic E-state index is 0.541. The third kappa shape index (κ3) is 3.77. The number of H-pyrrole nitrogens is 2. The number of nitrogens with one attached hydrogen (secondary N) is 3. The minimum Gasteiger partial charge on any atom is -0.358 e. The number of anilines is 1. The van der Waals surface area contributed by atoms with Crippen molar-refractivity contribution in [2.24, 2.45) is 5.92 Å². The van der Waals surface area contributed by atoms with Crippen molar-refractivity contribution in [2.45, 2.75) is 20.3 Å². The molecule has 0 atom stereocenters. The lowest BCUT2D eigenvalue weighted by Crippen LogP contribution is -2.02. The Balaban J connectivity index is 1.51. The number of allylic oxidation sites excluding steroid dienone is 1. The Bertz CT molecular complexity index is 1360. The Labute approximate surface area is 179 Å². The average molecular weight is 409 g/mol. The van der Waals surface area contributed by atoms with Gasteiger partial charge in [-0.2, -0.15) is 5.10 Å². The van der Waals surface area contributed by atoms with E-state index in [4.69, 9.17) is 0 Å². The fraction of sp³-hybridized carbons (Fsp3) is 0.167. The summed E-state index contributed by atoms with van der Waals surface area (Å²) in [5.41, 5.74) is 7.09. The molecule has 0 aromatic carbocycles.